The minimum absolute atomic E-state index is 0.831. The van der Waals surface area contributed by atoms with Gasteiger partial charge in [-0.05, 0) is 12.5 Å². The molecule has 0 atom stereocenters. The molecule has 1 rings (SSSR count). The number of hydrogen-bond donors (Lipinski definition) is 0. The highest BCUT2D eigenvalue weighted by atomic mass is 16.5. The van der Waals surface area contributed by atoms with Crippen LogP contribution in [0.1, 0.15) is 18.2 Å². The smallest absolute Gasteiger partial charge is 0.130 e. The fraction of sp³-hybridized carbons (Fsp3) is 0.400. The SMILES string of the molecule is CCc1nccc(OC)c1C=NC. The van der Waals surface area contributed by atoms with E-state index >= 15 is 0 Å². The maximum absolute atomic E-state index is 5.21. The van der Waals surface area contributed by atoms with E-state index in [9.17, 15) is 0 Å². The maximum Gasteiger partial charge on any atom is 0.130 e. The molecule has 0 aromatic carbocycles. The predicted octanol–water partition coefficient (Wildman–Crippen LogP) is 1.70. The number of nitrogens with zero attached hydrogens (tertiary/aromatic N) is 2. The van der Waals surface area contributed by atoms with Crippen LogP contribution in [0.25, 0.3) is 0 Å². The van der Waals surface area contributed by atoms with Crippen LogP contribution in [0.2, 0.25) is 0 Å². The third kappa shape index (κ3) is 2.05. The fourth-order valence-corrected chi connectivity index (χ4v) is 1.22. The van der Waals surface area contributed by atoms with Crippen LogP contribution in [0.3, 0.4) is 0 Å². The highest BCUT2D eigenvalue weighted by molar-refractivity contribution is 5.84. The first kappa shape index (κ1) is 9.71. The summed E-state index contributed by atoms with van der Waals surface area (Å²) in [5.74, 6) is 0.831. The Morgan fingerprint density at radius 3 is 2.92 bits per heavy atom. The van der Waals surface area contributed by atoms with Gasteiger partial charge >= 0.3 is 0 Å². The lowest BCUT2D eigenvalue weighted by atomic mass is 10.1. The number of hydrogen-bond acceptors (Lipinski definition) is 3. The molecule has 3 heteroatoms. The van der Waals surface area contributed by atoms with Crippen LogP contribution in [-0.2, 0) is 6.42 Å². The molecule has 0 fully saturated rings. The second-order valence-electron chi connectivity index (χ2n) is 2.61. The highest BCUT2D eigenvalue weighted by Crippen LogP contribution is 2.18. The number of aliphatic imine (C=N–C) groups is 1. The summed E-state index contributed by atoms with van der Waals surface area (Å²) in [6, 6.07) is 1.84. The molecule has 70 valence electrons. The van der Waals surface area contributed by atoms with Crippen LogP contribution >= 0.6 is 0 Å². The molecular formula is C10H14N2O. The molecule has 1 heterocycles. The molecule has 3 nitrogen and oxygen atoms in total. The Bertz CT molecular complexity index is 286. The molecule has 0 aliphatic rings. The van der Waals surface area contributed by atoms with Crippen LogP contribution in [0.4, 0.5) is 0 Å². The molecule has 0 radical (unpaired) electrons. The Kier molecular flexibility index (Phi) is 3.43. The van der Waals surface area contributed by atoms with Gasteiger partial charge in [0.25, 0.3) is 0 Å². The Hall–Kier alpha value is -1.38. The van der Waals surface area contributed by atoms with Crippen LogP contribution in [0, 0.1) is 0 Å². The molecule has 13 heavy (non-hydrogen) atoms. The van der Waals surface area contributed by atoms with Crippen molar-refractivity contribution in [2.75, 3.05) is 14.2 Å². The van der Waals surface area contributed by atoms with Gasteiger partial charge in [0, 0.05) is 19.5 Å². The van der Waals surface area contributed by atoms with Gasteiger partial charge in [-0.25, -0.2) is 0 Å². The van der Waals surface area contributed by atoms with Crippen LogP contribution in [-0.4, -0.2) is 25.4 Å². The Balaban J connectivity index is 3.21. The summed E-state index contributed by atoms with van der Waals surface area (Å²) in [6.45, 7) is 2.06. The predicted molar refractivity (Wildman–Crippen MR) is 53.7 cm³/mol. The van der Waals surface area contributed by atoms with E-state index in [-0.39, 0.29) is 0 Å². The highest BCUT2D eigenvalue weighted by Gasteiger charge is 2.05. The molecule has 0 N–H and O–H groups in total. The molecule has 0 aliphatic carbocycles. The van der Waals surface area contributed by atoms with E-state index in [2.05, 4.69) is 16.9 Å². The molecule has 0 amide bonds. The summed E-state index contributed by atoms with van der Waals surface area (Å²) in [5, 5.41) is 0. The normalized spacial score (nSPS) is 10.7. The Morgan fingerprint density at radius 1 is 1.62 bits per heavy atom. The van der Waals surface area contributed by atoms with Gasteiger partial charge in [0.1, 0.15) is 5.75 Å². The lowest BCUT2D eigenvalue weighted by Crippen LogP contribution is -1.99. The third-order valence-electron chi connectivity index (χ3n) is 1.85. The van der Waals surface area contributed by atoms with Crippen LogP contribution < -0.4 is 4.74 Å². The van der Waals surface area contributed by atoms with Crippen molar-refractivity contribution in [3.8, 4) is 5.75 Å². The minimum atomic E-state index is 0.831. The molecular weight excluding hydrogens is 164 g/mol. The summed E-state index contributed by atoms with van der Waals surface area (Å²) in [4.78, 5) is 8.23. The largest absolute Gasteiger partial charge is 0.496 e. The van der Waals surface area contributed by atoms with E-state index in [1.165, 1.54) is 0 Å². The number of methoxy groups -OCH3 is 1. The number of rotatable bonds is 3. The average molecular weight is 178 g/mol. The van der Waals surface area contributed by atoms with Gasteiger partial charge in [-0.15, -0.1) is 0 Å². The summed E-state index contributed by atoms with van der Waals surface area (Å²) in [5.41, 5.74) is 2.00. The summed E-state index contributed by atoms with van der Waals surface area (Å²) in [6.07, 6.45) is 4.42. The van der Waals surface area contributed by atoms with E-state index in [0.717, 1.165) is 23.4 Å². The van der Waals surface area contributed by atoms with Crippen LogP contribution in [0.15, 0.2) is 17.3 Å². The van der Waals surface area contributed by atoms with E-state index in [1.807, 2.05) is 6.07 Å². The van der Waals surface area contributed by atoms with Crippen molar-refractivity contribution >= 4 is 6.21 Å². The summed E-state index contributed by atoms with van der Waals surface area (Å²) >= 11 is 0. The first-order valence-electron chi connectivity index (χ1n) is 4.27. The molecule has 0 unspecified atom stereocenters. The zero-order valence-corrected chi connectivity index (χ0v) is 8.24. The van der Waals surface area contributed by atoms with E-state index in [1.54, 1.807) is 26.6 Å². The van der Waals surface area contributed by atoms with Gasteiger partial charge in [-0.3, -0.25) is 9.98 Å². The van der Waals surface area contributed by atoms with Gasteiger partial charge in [0.05, 0.1) is 18.4 Å². The zero-order chi connectivity index (χ0) is 9.68. The summed E-state index contributed by atoms with van der Waals surface area (Å²) in [7, 11) is 3.40. The topological polar surface area (TPSA) is 34.5 Å². The fourth-order valence-electron chi connectivity index (χ4n) is 1.22. The van der Waals surface area contributed by atoms with Crippen molar-refractivity contribution in [1.29, 1.82) is 0 Å². The van der Waals surface area contributed by atoms with Crippen molar-refractivity contribution in [1.82, 2.24) is 4.98 Å². The summed E-state index contributed by atoms with van der Waals surface area (Å²) < 4.78 is 5.21. The van der Waals surface area contributed by atoms with Gasteiger partial charge < -0.3 is 4.74 Å². The van der Waals surface area contributed by atoms with Gasteiger partial charge in [-0.1, -0.05) is 6.92 Å². The molecule has 1 aromatic rings. The van der Waals surface area contributed by atoms with Crippen molar-refractivity contribution in [2.24, 2.45) is 4.99 Å². The van der Waals surface area contributed by atoms with Crippen molar-refractivity contribution < 1.29 is 4.74 Å². The minimum Gasteiger partial charge on any atom is -0.496 e. The quantitative estimate of drug-likeness (QED) is 0.660. The molecule has 1 aromatic heterocycles. The molecule has 0 spiro atoms. The lowest BCUT2D eigenvalue weighted by molar-refractivity contribution is 0.413. The Morgan fingerprint density at radius 2 is 2.38 bits per heavy atom. The maximum atomic E-state index is 5.21. The van der Waals surface area contributed by atoms with Crippen molar-refractivity contribution in [3.63, 3.8) is 0 Å². The first-order chi connectivity index (χ1) is 6.33. The first-order valence-corrected chi connectivity index (χ1v) is 4.27. The Labute approximate surface area is 78.5 Å². The van der Waals surface area contributed by atoms with Gasteiger partial charge in [0.15, 0.2) is 0 Å². The van der Waals surface area contributed by atoms with E-state index in [0.29, 0.717) is 0 Å². The van der Waals surface area contributed by atoms with Crippen LogP contribution in [0.5, 0.6) is 5.75 Å². The number of aromatic nitrogens is 1. The second kappa shape index (κ2) is 4.60. The van der Waals surface area contributed by atoms with E-state index < -0.39 is 0 Å². The average Bonchev–Trinajstić information content (AvgIpc) is 2.18. The molecule has 0 aliphatic heterocycles. The van der Waals surface area contributed by atoms with Gasteiger partial charge in [0.2, 0.25) is 0 Å². The van der Waals surface area contributed by atoms with E-state index in [4.69, 9.17) is 4.74 Å². The standard InChI is InChI=1S/C10H14N2O/c1-4-9-8(7-11-2)10(13-3)5-6-12-9/h5-7H,4H2,1-3H3. The molecule has 0 bridgehead atoms. The van der Waals surface area contributed by atoms with Crippen molar-refractivity contribution in [3.05, 3.63) is 23.5 Å². The lowest BCUT2D eigenvalue weighted by Gasteiger charge is -2.07. The monoisotopic (exact) mass is 178 g/mol. The number of ether oxygens (including phenoxy) is 1. The number of pyridine rings is 1. The zero-order valence-electron chi connectivity index (χ0n) is 8.24. The third-order valence-corrected chi connectivity index (χ3v) is 1.85. The second-order valence-corrected chi connectivity index (χ2v) is 2.61. The molecule has 0 saturated heterocycles. The van der Waals surface area contributed by atoms with Crippen molar-refractivity contribution in [2.45, 2.75) is 13.3 Å². The molecule has 0 saturated carbocycles. The number of aryl methyl sites for hydroxylation is 1. The van der Waals surface area contributed by atoms with Gasteiger partial charge in [-0.2, -0.15) is 0 Å².